The van der Waals surface area contributed by atoms with E-state index in [1.807, 2.05) is 0 Å². The first-order valence-corrected chi connectivity index (χ1v) is 30.8. The molecule has 0 atom stereocenters. The van der Waals surface area contributed by atoms with Crippen molar-refractivity contribution in [3.05, 3.63) is 160 Å². The molecule has 396 valence electrons. The zero-order valence-corrected chi connectivity index (χ0v) is 47.9. The summed E-state index contributed by atoms with van der Waals surface area (Å²) in [6.45, 7) is 13.9. The molecule has 8 rings (SSSR count). The average molecular weight is 999 g/mol. The van der Waals surface area contributed by atoms with Gasteiger partial charge in [-0.15, -0.1) is 6.42 Å². The number of hydrogen-bond acceptors (Lipinski definition) is 1. The SMILES string of the molecule is C#Cc1ccc(N(c2ccc(C)cc2)c2ccc(-c3ccc4c(c3)C(CCCCCCCC)(CCCCCCCC)c3cc5c(cc3-4)C(CCCCCCCC)(CCCCCCCC)c3cc(C)ccc3-5)cc2)cc1. The number of rotatable bonds is 32. The molecule has 6 aromatic carbocycles. The molecular weight excluding hydrogens is 903 g/mol. The number of hydrogen-bond donors (Lipinski definition) is 0. The Hall–Kier alpha value is -5.32. The lowest BCUT2D eigenvalue weighted by atomic mass is 9.68. The lowest BCUT2D eigenvalue weighted by Gasteiger charge is -2.35. The predicted molar refractivity (Wildman–Crippen MR) is 328 cm³/mol. The van der Waals surface area contributed by atoms with Gasteiger partial charge in [-0.1, -0.05) is 253 Å². The van der Waals surface area contributed by atoms with Crippen LogP contribution in [-0.4, -0.2) is 0 Å². The number of fused-ring (bicyclic) bond motifs is 6. The second-order valence-electron chi connectivity index (χ2n) is 23.4. The molecule has 0 spiro atoms. The van der Waals surface area contributed by atoms with Crippen LogP contribution in [0.25, 0.3) is 33.4 Å². The molecule has 1 heteroatoms. The highest BCUT2D eigenvalue weighted by molar-refractivity contribution is 5.91. The molecular formula is C74H95N. The summed E-state index contributed by atoms with van der Waals surface area (Å²) in [5.74, 6) is 2.81. The van der Waals surface area contributed by atoms with Crippen molar-refractivity contribution in [2.75, 3.05) is 4.90 Å². The van der Waals surface area contributed by atoms with E-state index >= 15 is 0 Å². The summed E-state index contributed by atoms with van der Waals surface area (Å²) in [6.07, 6.45) is 42.8. The molecule has 0 N–H and O–H groups in total. The number of terminal acetylenes is 1. The first-order chi connectivity index (χ1) is 36.8. The smallest absolute Gasteiger partial charge is 0.0462 e. The fourth-order valence-electron chi connectivity index (χ4n) is 13.6. The van der Waals surface area contributed by atoms with Crippen LogP contribution in [0.5, 0.6) is 0 Å². The van der Waals surface area contributed by atoms with Crippen LogP contribution < -0.4 is 4.90 Å². The van der Waals surface area contributed by atoms with Crippen LogP contribution in [0.15, 0.2) is 121 Å². The number of nitrogens with zero attached hydrogens (tertiary/aromatic N) is 1. The molecule has 0 unspecified atom stereocenters. The van der Waals surface area contributed by atoms with E-state index in [1.165, 1.54) is 213 Å². The summed E-state index contributed by atoms with van der Waals surface area (Å²) < 4.78 is 0. The van der Waals surface area contributed by atoms with Crippen molar-refractivity contribution in [2.24, 2.45) is 0 Å². The molecule has 0 aromatic heterocycles. The quantitative estimate of drug-likeness (QED) is 0.0301. The van der Waals surface area contributed by atoms with Crippen LogP contribution >= 0.6 is 0 Å². The van der Waals surface area contributed by atoms with Crippen molar-refractivity contribution >= 4 is 17.1 Å². The highest BCUT2D eigenvalue weighted by Crippen LogP contribution is 2.61. The summed E-state index contributed by atoms with van der Waals surface area (Å²) in [4.78, 5) is 2.35. The van der Waals surface area contributed by atoms with E-state index in [-0.39, 0.29) is 10.8 Å². The van der Waals surface area contributed by atoms with Gasteiger partial charge in [0, 0.05) is 33.5 Å². The second-order valence-corrected chi connectivity index (χ2v) is 23.4. The molecule has 1 nitrogen and oxygen atoms in total. The molecule has 0 fully saturated rings. The van der Waals surface area contributed by atoms with E-state index < -0.39 is 0 Å². The minimum absolute atomic E-state index is 0.0212. The van der Waals surface area contributed by atoms with Gasteiger partial charge in [-0.3, -0.25) is 0 Å². The monoisotopic (exact) mass is 998 g/mol. The number of benzene rings is 6. The van der Waals surface area contributed by atoms with Gasteiger partial charge in [-0.05, 0) is 162 Å². The van der Waals surface area contributed by atoms with Crippen molar-refractivity contribution in [1.29, 1.82) is 0 Å². The Kier molecular flexibility index (Phi) is 20.6. The summed E-state index contributed by atoms with van der Waals surface area (Å²) >= 11 is 0. The maximum absolute atomic E-state index is 5.81. The molecule has 0 heterocycles. The minimum atomic E-state index is -0.0212. The molecule has 0 saturated heterocycles. The zero-order valence-electron chi connectivity index (χ0n) is 47.9. The summed E-state index contributed by atoms with van der Waals surface area (Å²) in [5, 5.41) is 0. The van der Waals surface area contributed by atoms with Gasteiger partial charge in [-0.25, -0.2) is 0 Å². The Balaban J connectivity index is 1.24. The highest BCUT2D eigenvalue weighted by atomic mass is 15.1. The van der Waals surface area contributed by atoms with Gasteiger partial charge in [0.25, 0.3) is 0 Å². The topological polar surface area (TPSA) is 3.24 Å². The molecule has 6 aromatic rings. The Morgan fingerprint density at radius 2 is 0.667 bits per heavy atom. The van der Waals surface area contributed by atoms with Gasteiger partial charge in [0.2, 0.25) is 0 Å². The van der Waals surface area contributed by atoms with Gasteiger partial charge in [0.15, 0.2) is 0 Å². The first kappa shape index (κ1) is 55.9. The van der Waals surface area contributed by atoms with E-state index in [9.17, 15) is 0 Å². The van der Waals surface area contributed by atoms with Gasteiger partial charge < -0.3 is 4.90 Å². The zero-order chi connectivity index (χ0) is 52.5. The maximum Gasteiger partial charge on any atom is 0.0462 e. The third kappa shape index (κ3) is 13.1. The van der Waals surface area contributed by atoms with Crippen molar-refractivity contribution in [3.8, 4) is 45.7 Å². The molecule has 2 aliphatic rings. The Labute approximate surface area is 457 Å². The Morgan fingerprint density at radius 1 is 0.333 bits per heavy atom. The van der Waals surface area contributed by atoms with Crippen LogP contribution in [0.1, 0.15) is 246 Å². The number of anilines is 3. The fourth-order valence-corrected chi connectivity index (χ4v) is 13.6. The third-order valence-electron chi connectivity index (χ3n) is 17.9. The van der Waals surface area contributed by atoms with Crippen LogP contribution in [0.2, 0.25) is 0 Å². The van der Waals surface area contributed by atoms with Crippen LogP contribution in [-0.2, 0) is 10.8 Å². The molecule has 0 radical (unpaired) electrons. The fraction of sp³-hybridized carbons (Fsp3) is 0.486. The summed E-state index contributed by atoms with van der Waals surface area (Å²) in [7, 11) is 0. The van der Waals surface area contributed by atoms with Crippen LogP contribution in [0.4, 0.5) is 17.1 Å². The van der Waals surface area contributed by atoms with Gasteiger partial charge in [-0.2, -0.15) is 0 Å². The average Bonchev–Trinajstić information content (AvgIpc) is 3.91. The molecule has 2 aliphatic carbocycles. The van der Waals surface area contributed by atoms with Gasteiger partial charge >= 0.3 is 0 Å². The molecule has 0 amide bonds. The minimum Gasteiger partial charge on any atom is -0.311 e. The first-order valence-electron chi connectivity index (χ1n) is 30.8. The number of unbranched alkanes of at least 4 members (excludes halogenated alkanes) is 20. The lowest BCUT2D eigenvalue weighted by Crippen LogP contribution is -2.27. The van der Waals surface area contributed by atoms with Crippen molar-refractivity contribution in [3.63, 3.8) is 0 Å². The van der Waals surface area contributed by atoms with E-state index in [4.69, 9.17) is 6.42 Å². The van der Waals surface area contributed by atoms with E-state index in [2.05, 4.69) is 174 Å². The third-order valence-corrected chi connectivity index (χ3v) is 17.9. The van der Waals surface area contributed by atoms with Crippen LogP contribution in [0, 0.1) is 26.2 Å². The van der Waals surface area contributed by atoms with Crippen LogP contribution in [0.3, 0.4) is 0 Å². The Bertz CT molecular complexity index is 2710. The summed E-state index contributed by atoms with van der Waals surface area (Å²) in [6, 6.07) is 47.6. The van der Waals surface area contributed by atoms with E-state index in [0.29, 0.717) is 0 Å². The standard InChI is InChI=1S/C74H95N/c1-8-13-17-21-25-29-49-73(50-30-26-22-18-14-9-2)69-53-58(7)35-47-65(69)67-55-72-68(56-71(67)73)66-48-40-61(54-70(66)74(72,51-31-27-23-19-15-10-3)52-32-28-24-20-16-11-4)60-38-45-64(46-39-60)75(62-41-33-57(6)34-42-62)63-43-36-59(12-5)37-44-63/h5,33-48,53-56H,8-11,13-32,49-52H2,1-4,6-7H3. The normalized spacial score (nSPS) is 13.6. The molecule has 0 aliphatic heterocycles. The Morgan fingerprint density at radius 3 is 1.09 bits per heavy atom. The maximum atomic E-state index is 5.81. The van der Waals surface area contributed by atoms with Gasteiger partial charge in [0.05, 0.1) is 0 Å². The predicted octanol–water partition coefficient (Wildman–Crippen LogP) is 23.0. The molecule has 0 saturated carbocycles. The van der Waals surface area contributed by atoms with E-state index in [0.717, 1.165) is 22.6 Å². The second kappa shape index (κ2) is 27.6. The van der Waals surface area contributed by atoms with Crippen molar-refractivity contribution in [2.45, 2.75) is 232 Å². The van der Waals surface area contributed by atoms with Gasteiger partial charge in [0.1, 0.15) is 0 Å². The molecule has 0 bridgehead atoms. The van der Waals surface area contributed by atoms with Crippen molar-refractivity contribution < 1.29 is 0 Å². The summed E-state index contributed by atoms with van der Waals surface area (Å²) in [5.41, 5.74) is 22.3. The molecule has 75 heavy (non-hydrogen) atoms. The van der Waals surface area contributed by atoms with E-state index in [1.54, 1.807) is 33.4 Å². The number of aryl methyl sites for hydroxylation is 2. The van der Waals surface area contributed by atoms with Crippen molar-refractivity contribution in [1.82, 2.24) is 0 Å². The highest BCUT2D eigenvalue weighted by Gasteiger charge is 2.48. The lowest BCUT2D eigenvalue weighted by molar-refractivity contribution is 0.394. The largest absolute Gasteiger partial charge is 0.311 e.